The summed E-state index contributed by atoms with van der Waals surface area (Å²) in [6.07, 6.45) is 0.0857. The number of hydrazine groups is 1. The summed E-state index contributed by atoms with van der Waals surface area (Å²) in [4.78, 5) is 31.4. The molecule has 3 heterocycles. The molecule has 0 spiro atoms. The van der Waals surface area contributed by atoms with Crippen LogP contribution in [-0.4, -0.2) is 89.7 Å². The SMILES string of the molecule is COc1ccc(CNC(=O)N2[C@H]3CN(Cc4ccc5c(c4)OCO5)C[C@H](Cc4ccc(O)cc4)N3C(=O)CN2C)cc1. The van der Waals surface area contributed by atoms with Gasteiger partial charge in [0.15, 0.2) is 11.5 Å². The Hall–Kier alpha value is -4.48. The number of rotatable bonds is 7. The lowest BCUT2D eigenvalue weighted by atomic mass is 9.99. The number of amides is 3. The van der Waals surface area contributed by atoms with Gasteiger partial charge in [-0.2, -0.15) is 0 Å². The molecule has 0 aliphatic carbocycles. The van der Waals surface area contributed by atoms with Crippen molar-refractivity contribution in [3.05, 3.63) is 83.4 Å². The van der Waals surface area contributed by atoms with Gasteiger partial charge in [0.05, 0.1) is 19.7 Å². The minimum absolute atomic E-state index is 0.0202. The van der Waals surface area contributed by atoms with E-state index in [9.17, 15) is 14.7 Å². The molecule has 3 amide bonds. The lowest BCUT2D eigenvalue weighted by molar-refractivity contribution is -0.180. The van der Waals surface area contributed by atoms with Gasteiger partial charge in [-0.15, -0.1) is 0 Å². The number of fused-ring (bicyclic) bond motifs is 2. The molecule has 42 heavy (non-hydrogen) atoms. The molecule has 220 valence electrons. The first-order valence-electron chi connectivity index (χ1n) is 14.0. The molecule has 3 aromatic carbocycles. The number of nitrogens with one attached hydrogen (secondary N) is 1. The Kier molecular flexibility index (Phi) is 7.77. The van der Waals surface area contributed by atoms with E-state index in [0.29, 0.717) is 32.6 Å². The van der Waals surface area contributed by atoms with E-state index in [4.69, 9.17) is 14.2 Å². The topological polar surface area (TPSA) is 107 Å². The number of nitrogens with zero attached hydrogens (tertiary/aromatic N) is 4. The maximum Gasteiger partial charge on any atom is 0.334 e. The highest BCUT2D eigenvalue weighted by Crippen LogP contribution is 2.34. The van der Waals surface area contributed by atoms with E-state index in [1.54, 1.807) is 36.3 Å². The third-order valence-corrected chi connectivity index (χ3v) is 7.97. The van der Waals surface area contributed by atoms with Crippen LogP contribution in [0.3, 0.4) is 0 Å². The number of benzene rings is 3. The summed E-state index contributed by atoms with van der Waals surface area (Å²) in [5.74, 6) is 2.37. The number of piperazine rings is 1. The summed E-state index contributed by atoms with van der Waals surface area (Å²) in [6, 6.07) is 20.1. The number of methoxy groups -OCH3 is 1. The van der Waals surface area contributed by atoms with Crippen LogP contribution >= 0.6 is 0 Å². The van der Waals surface area contributed by atoms with Gasteiger partial charge in [0, 0.05) is 33.2 Å². The molecule has 0 saturated carbocycles. The highest BCUT2D eigenvalue weighted by atomic mass is 16.7. The predicted molar refractivity (Wildman–Crippen MR) is 154 cm³/mol. The molecule has 0 radical (unpaired) electrons. The van der Waals surface area contributed by atoms with Crippen molar-refractivity contribution in [1.82, 2.24) is 25.1 Å². The maximum atomic E-state index is 13.7. The summed E-state index contributed by atoms with van der Waals surface area (Å²) in [5, 5.41) is 16.2. The van der Waals surface area contributed by atoms with Gasteiger partial charge in [0.25, 0.3) is 0 Å². The molecule has 2 N–H and O–H groups in total. The van der Waals surface area contributed by atoms with E-state index < -0.39 is 6.17 Å². The molecule has 3 aliphatic rings. The Morgan fingerprint density at radius 1 is 0.976 bits per heavy atom. The second-order valence-corrected chi connectivity index (χ2v) is 10.9. The largest absolute Gasteiger partial charge is 0.508 e. The van der Waals surface area contributed by atoms with Crippen LogP contribution in [0.5, 0.6) is 23.0 Å². The first-order valence-corrected chi connectivity index (χ1v) is 14.0. The van der Waals surface area contributed by atoms with Gasteiger partial charge >= 0.3 is 6.03 Å². The van der Waals surface area contributed by atoms with Gasteiger partial charge in [-0.25, -0.2) is 14.8 Å². The maximum absolute atomic E-state index is 13.7. The standard InChI is InChI=1S/C31H35N5O6/c1-33-19-30(38)35-24(13-21-3-8-25(37)9-4-21)17-34(16-23-7-12-27-28(14-23)42-20-41-27)18-29(35)36(33)31(39)32-15-22-5-10-26(40-2)11-6-22/h3-12,14,24,29,37H,13,15-20H2,1-2H3,(H,32,39)/t24-,29-/m0/s1. The smallest absolute Gasteiger partial charge is 0.334 e. The number of phenols is 1. The Morgan fingerprint density at radius 3 is 2.45 bits per heavy atom. The Morgan fingerprint density at radius 2 is 1.69 bits per heavy atom. The molecule has 2 fully saturated rings. The predicted octanol–water partition coefficient (Wildman–Crippen LogP) is 2.78. The van der Waals surface area contributed by atoms with Crippen LogP contribution in [0.15, 0.2) is 66.7 Å². The molecular formula is C31H35N5O6. The summed E-state index contributed by atoms with van der Waals surface area (Å²) >= 11 is 0. The zero-order valence-corrected chi connectivity index (χ0v) is 23.7. The number of carbonyl (C=O) groups excluding carboxylic acids is 2. The fraction of sp³-hybridized carbons (Fsp3) is 0.355. The molecule has 3 aromatic rings. The monoisotopic (exact) mass is 573 g/mol. The third kappa shape index (κ3) is 5.79. The number of ether oxygens (including phenoxy) is 3. The van der Waals surface area contributed by atoms with Crippen LogP contribution in [0, 0.1) is 0 Å². The second-order valence-electron chi connectivity index (χ2n) is 10.9. The van der Waals surface area contributed by atoms with Crippen molar-refractivity contribution in [3.63, 3.8) is 0 Å². The number of phenolic OH excluding ortho intramolecular Hbond substituents is 1. The normalized spacial score (nSPS) is 20.4. The minimum atomic E-state index is -0.503. The first-order chi connectivity index (χ1) is 20.4. The lowest BCUT2D eigenvalue weighted by Crippen LogP contribution is -2.74. The molecule has 11 nitrogen and oxygen atoms in total. The lowest BCUT2D eigenvalue weighted by Gasteiger charge is -2.55. The van der Waals surface area contributed by atoms with Gasteiger partial charge in [-0.05, 0) is 59.5 Å². The number of hydrogen-bond acceptors (Lipinski definition) is 8. The number of carbonyl (C=O) groups is 2. The first kappa shape index (κ1) is 27.7. The van der Waals surface area contributed by atoms with Gasteiger partial charge in [-0.3, -0.25) is 9.69 Å². The Balaban J connectivity index is 1.25. The van der Waals surface area contributed by atoms with E-state index in [-0.39, 0.29) is 37.1 Å². The van der Waals surface area contributed by atoms with Gasteiger partial charge in [0.1, 0.15) is 17.7 Å². The molecule has 0 unspecified atom stereocenters. The average molecular weight is 574 g/mol. The van der Waals surface area contributed by atoms with E-state index in [0.717, 1.165) is 33.9 Å². The highest BCUT2D eigenvalue weighted by molar-refractivity contribution is 5.83. The van der Waals surface area contributed by atoms with Crippen LogP contribution in [0.25, 0.3) is 0 Å². The minimum Gasteiger partial charge on any atom is -0.508 e. The summed E-state index contributed by atoms with van der Waals surface area (Å²) < 4.78 is 16.3. The van der Waals surface area contributed by atoms with Crippen LogP contribution in [0.2, 0.25) is 0 Å². The molecule has 6 rings (SSSR count). The fourth-order valence-corrected chi connectivity index (χ4v) is 5.96. The number of hydrogen-bond donors (Lipinski definition) is 2. The zero-order valence-electron chi connectivity index (χ0n) is 23.7. The van der Waals surface area contributed by atoms with Crippen LogP contribution < -0.4 is 19.5 Å². The van der Waals surface area contributed by atoms with E-state index >= 15 is 0 Å². The highest BCUT2D eigenvalue weighted by Gasteiger charge is 2.47. The van der Waals surface area contributed by atoms with Crippen molar-refractivity contribution >= 4 is 11.9 Å². The number of urea groups is 1. The average Bonchev–Trinajstić information content (AvgIpc) is 3.45. The quantitative estimate of drug-likeness (QED) is 0.445. The number of aromatic hydroxyl groups is 1. The van der Waals surface area contributed by atoms with E-state index in [2.05, 4.69) is 10.2 Å². The van der Waals surface area contributed by atoms with Crippen molar-refractivity contribution in [2.24, 2.45) is 0 Å². The molecule has 3 aliphatic heterocycles. The van der Waals surface area contributed by atoms with Gasteiger partial charge in [0.2, 0.25) is 12.7 Å². The van der Waals surface area contributed by atoms with Crippen LogP contribution in [0.1, 0.15) is 16.7 Å². The third-order valence-electron chi connectivity index (χ3n) is 7.97. The van der Waals surface area contributed by atoms with Gasteiger partial charge in [-0.1, -0.05) is 30.3 Å². The van der Waals surface area contributed by atoms with Crippen LogP contribution in [-0.2, 0) is 24.3 Å². The molecule has 2 saturated heterocycles. The fourth-order valence-electron chi connectivity index (χ4n) is 5.96. The van der Waals surface area contributed by atoms with Crippen molar-refractivity contribution in [1.29, 1.82) is 0 Å². The van der Waals surface area contributed by atoms with E-state index in [1.165, 1.54) is 0 Å². The Bertz CT molecular complexity index is 1430. The van der Waals surface area contributed by atoms with Gasteiger partial charge < -0.3 is 29.5 Å². The van der Waals surface area contributed by atoms with Crippen LogP contribution in [0.4, 0.5) is 4.79 Å². The molecule has 0 bridgehead atoms. The second kappa shape index (κ2) is 11.8. The number of likely N-dealkylation sites (N-methyl/N-ethyl adjacent to an activating group) is 1. The molecule has 2 atom stereocenters. The van der Waals surface area contributed by atoms with E-state index in [1.807, 2.05) is 59.5 Å². The molecule has 0 aromatic heterocycles. The van der Waals surface area contributed by atoms with Crippen molar-refractivity contribution in [2.75, 3.05) is 40.6 Å². The molecular weight excluding hydrogens is 538 g/mol. The zero-order chi connectivity index (χ0) is 29.2. The van der Waals surface area contributed by atoms with Crippen molar-refractivity contribution in [3.8, 4) is 23.0 Å². The van der Waals surface area contributed by atoms with Crippen molar-refractivity contribution in [2.45, 2.75) is 31.7 Å². The molecule has 11 heteroatoms. The summed E-state index contributed by atoms with van der Waals surface area (Å²) in [7, 11) is 3.39. The Labute approximate surface area is 244 Å². The van der Waals surface area contributed by atoms with Crippen molar-refractivity contribution < 1.29 is 28.9 Å². The summed E-state index contributed by atoms with van der Waals surface area (Å²) in [5.41, 5.74) is 3.00. The summed E-state index contributed by atoms with van der Waals surface area (Å²) in [6.45, 7) is 2.37.